The summed E-state index contributed by atoms with van der Waals surface area (Å²) in [5, 5.41) is 12.8. The fourth-order valence-corrected chi connectivity index (χ4v) is 4.77. The number of rotatable bonds is 4. The molecule has 2 aromatic rings. The van der Waals surface area contributed by atoms with Crippen LogP contribution < -0.4 is 15.0 Å². The van der Waals surface area contributed by atoms with Gasteiger partial charge in [0, 0.05) is 26.0 Å². The number of hydrogen-bond acceptors (Lipinski definition) is 5. The molecule has 8 heteroatoms. The van der Waals surface area contributed by atoms with Crippen molar-refractivity contribution in [1.82, 2.24) is 14.4 Å². The quantitative estimate of drug-likeness (QED) is 0.484. The topological polar surface area (TPSA) is 77.3 Å². The average molecular weight is 534 g/mol. The summed E-state index contributed by atoms with van der Waals surface area (Å²) in [6.07, 6.45) is 23.1. The Labute approximate surface area is 233 Å². The van der Waals surface area contributed by atoms with Gasteiger partial charge in [-0.05, 0) is 59.7 Å². The lowest BCUT2D eigenvalue weighted by atomic mass is 10.0. The third-order valence-electron chi connectivity index (χ3n) is 6.98. The van der Waals surface area contributed by atoms with Gasteiger partial charge < -0.3 is 14.9 Å². The van der Waals surface area contributed by atoms with Gasteiger partial charge in [-0.3, -0.25) is 4.79 Å². The van der Waals surface area contributed by atoms with Crippen LogP contribution in [-0.2, 0) is 13.6 Å². The van der Waals surface area contributed by atoms with E-state index in [0.717, 1.165) is 28.1 Å². The van der Waals surface area contributed by atoms with Crippen LogP contribution in [0.15, 0.2) is 119 Å². The third kappa shape index (κ3) is 5.42. The van der Waals surface area contributed by atoms with Crippen LogP contribution in [0.1, 0.15) is 24.5 Å². The van der Waals surface area contributed by atoms with Crippen molar-refractivity contribution in [3.63, 3.8) is 0 Å². The highest BCUT2D eigenvalue weighted by molar-refractivity contribution is 6.14. The van der Waals surface area contributed by atoms with Gasteiger partial charge in [0.15, 0.2) is 5.82 Å². The summed E-state index contributed by atoms with van der Waals surface area (Å²) in [5.41, 5.74) is 3.41. The molecule has 3 aliphatic rings. The zero-order valence-corrected chi connectivity index (χ0v) is 23.2. The molecule has 8 nitrogen and oxygen atoms in total. The van der Waals surface area contributed by atoms with E-state index in [1.54, 1.807) is 4.57 Å². The Kier molecular flexibility index (Phi) is 7.59. The summed E-state index contributed by atoms with van der Waals surface area (Å²) in [6.45, 7) is 5.48. The number of imidazole rings is 1. The maximum absolute atomic E-state index is 12.7. The van der Waals surface area contributed by atoms with Gasteiger partial charge in [-0.1, -0.05) is 48.6 Å². The monoisotopic (exact) mass is 533 g/mol. The molecular weight excluding hydrogens is 500 g/mol. The molecule has 0 bridgehead atoms. The molecule has 2 aliphatic carbocycles. The van der Waals surface area contributed by atoms with Gasteiger partial charge in [-0.15, -0.1) is 0 Å². The maximum Gasteiger partial charge on any atom is 0.360 e. The Morgan fingerprint density at radius 3 is 1.90 bits per heavy atom. The lowest BCUT2D eigenvalue weighted by molar-refractivity contribution is -0.672. The molecule has 0 unspecified atom stereocenters. The standard InChI is InChI=1S/C32H32N6O2/c1-5-37-21-19-35(3)31(37)29(39)33-27-15-11-25(12-16-27)23-7-9-24(10-8-23)26-13-17-28(18-14-26)34-30(40)32-36(4)20-22-38(32)6-2/h7-22H,5-6H2,1-4H3/p+1. The number of aliphatic hydroxyl groups is 1. The first kappa shape index (κ1) is 26.6. The van der Waals surface area contributed by atoms with Gasteiger partial charge in [-0.25, -0.2) is 19.1 Å². The number of carbonyl (C=O) groups is 1. The summed E-state index contributed by atoms with van der Waals surface area (Å²) < 4.78 is 3.68. The van der Waals surface area contributed by atoms with Crippen molar-refractivity contribution in [1.29, 1.82) is 0 Å². The number of aryl methyl sites for hydroxylation is 2. The van der Waals surface area contributed by atoms with E-state index in [2.05, 4.69) is 34.3 Å². The summed E-state index contributed by atoms with van der Waals surface area (Å²) in [7, 11) is 3.74. The van der Waals surface area contributed by atoms with Crippen molar-refractivity contribution in [2.24, 2.45) is 17.0 Å². The van der Waals surface area contributed by atoms with Crippen LogP contribution in [-0.4, -0.2) is 50.4 Å². The summed E-state index contributed by atoms with van der Waals surface area (Å²) in [5.74, 6) is 0.943. The molecule has 0 fully saturated rings. The smallest absolute Gasteiger partial charge is 0.360 e. The third-order valence-corrected chi connectivity index (χ3v) is 6.98. The normalized spacial score (nSPS) is 17.4. The minimum absolute atomic E-state index is 0.0146. The highest BCUT2D eigenvalue weighted by Gasteiger charge is 2.22. The number of aliphatic hydroxyl groups excluding tert-OH is 1. The fourth-order valence-electron chi connectivity index (χ4n) is 4.77. The van der Waals surface area contributed by atoms with Gasteiger partial charge >= 0.3 is 11.7 Å². The Morgan fingerprint density at radius 1 is 0.825 bits per heavy atom. The number of benzene rings is 1. The van der Waals surface area contributed by atoms with Crippen molar-refractivity contribution in [2.75, 3.05) is 13.6 Å². The molecule has 1 aromatic heterocycles. The number of amides is 1. The predicted octanol–water partition coefficient (Wildman–Crippen LogP) is 3.03. The van der Waals surface area contributed by atoms with E-state index in [0.29, 0.717) is 29.6 Å². The molecule has 0 saturated carbocycles. The van der Waals surface area contributed by atoms with Crippen molar-refractivity contribution in [2.45, 2.75) is 20.4 Å². The minimum atomic E-state index is -0.261. The number of hydrogen-bond donors (Lipinski definition) is 1. The zero-order valence-electron chi connectivity index (χ0n) is 23.2. The molecule has 2 heterocycles. The Balaban J connectivity index is 1.32. The van der Waals surface area contributed by atoms with Crippen LogP contribution in [0, 0.1) is 0 Å². The van der Waals surface area contributed by atoms with E-state index in [1.165, 1.54) is 0 Å². The van der Waals surface area contributed by atoms with E-state index in [1.807, 2.05) is 116 Å². The Morgan fingerprint density at radius 2 is 1.38 bits per heavy atom. The lowest BCUT2D eigenvalue weighted by Gasteiger charge is -2.20. The summed E-state index contributed by atoms with van der Waals surface area (Å²) in [4.78, 5) is 25.3. The highest BCUT2D eigenvalue weighted by Crippen LogP contribution is 2.21. The van der Waals surface area contributed by atoms with Crippen LogP contribution in [0.5, 0.6) is 0 Å². The van der Waals surface area contributed by atoms with Gasteiger partial charge in [0.2, 0.25) is 0 Å². The summed E-state index contributed by atoms with van der Waals surface area (Å²) in [6, 6.07) is 8.33. The Bertz CT molecular complexity index is 1670. The first-order chi connectivity index (χ1) is 19.4. The molecule has 0 spiro atoms. The lowest BCUT2D eigenvalue weighted by Crippen LogP contribution is -2.35. The van der Waals surface area contributed by atoms with E-state index >= 15 is 0 Å². The molecule has 202 valence electrons. The van der Waals surface area contributed by atoms with Gasteiger partial charge in [0.05, 0.1) is 25.0 Å². The van der Waals surface area contributed by atoms with Crippen LogP contribution in [0.3, 0.4) is 0 Å². The van der Waals surface area contributed by atoms with E-state index < -0.39 is 0 Å². The number of nitrogens with zero attached hydrogens (tertiary/aromatic N) is 6. The Hall–Kier alpha value is -4.98. The van der Waals surface area contributed by atoms with Crippen molar-refractivity contribution < 1.29 is 14.5 Å². The first-order valence-corrected chi connectivity index (χ1v) is 13.3. The molecule has 1 aliphatic heterocycles. The highest BCUT2D eigenvalue weighted by atomic mass is 16.3. The molecular formula is C32H33N6O2+. The number of allylic oxidation sites excluding steroid dienone is 8. The first-order valence-electron chi connectivity index (χ1n) is 13.3. The van der Waals surface area contributed by atoms with Crippen molar-refractivity contribution in [3.8, 4) is 0 Å². The van der Waals surface area contributed by atoms with Crippen LogP contribution in [0.25, 0.3) is 11.1 Å². The van der Waals surface area contributed by atoms with Crippen molar-refractivity contribution >= 4 is 28.5 Å². The number of carbonyl (C=O) groups excluding carboxylic acids is 1. The van der Waals surface area contributed by atoms with E-state index in [-0.39, 0.29) is 11.8 Å². The minimum Gasteiger partial charge on any atom is -0.491 e. The van der Waals surface area contributed by atoms with Gasteiger partial charge in [0.1, 0.15) is 12.4 Å². The zero-order chi connectivity index (χ0) is 28.2. The molecule has 1 aromatic carbocycles. The fraction of sp³-hybridized carbons (Fsp3) is 0.188. The molecule has 1 amide bonds. The van der Waals surface area contributed by atoms with Crippen LogP contribution in [0.4, 0.5) is 0 Å². The molecule has 0 atom stereocenters. The number of aromatic nitrogens is 2. The van der Waals surface area contributed by atoms with Gasteiger partial charge in [0.25, 0.3) is 5.88 Å². The van der Waals surface area contributed by atoms with E-state index in [4.69, 9.17) is 0 Å². The van der Waals surface area contributed by atoms with E-state index in [9.17, 15) is 9.90 Å². The molecule has 1 N–H and O–H groups in total. The second-order valence-electron chi connectivity index (χ2n) is 9.56. The maximum atomic E-state index is 12.7. The largest absolute Gasteiger partial charge is 0.491 e. The second kappa shape index (κ2) is 11.4. The van der Waals surface area contributed by atoms with Crippen molar-refractivity contribution in [3.05, 3.63) is 126 Å². The SMILES string of the molecule is CCN1C=CN(C)C1=C(O)N=C1C=CC(=c2ccc(=C3C=CC(=NC(=O)c4n(CC)cc[n+]4C)C=C3)cc2)C=C1. The molecule has 5 rings (SSSR count). The van der Waals surface area contributed by atoms with Gasteiger partial charge in [-0.2, -0.15) is 0 Å². The predicted molar refractivity (Wildman–Crippen MR) is 158 cm³/mol. The molecule has 0 radical (unpaired) electrons. The molecule has 0 saturated heterocycles. The average Bonchev–Trinajstić information content (AvgIpc) is 3.55. The molecule has 40 heavy (non-hydrogen) atoms. The summed E-state index contributed by atoms with van der Waals surface area (Å²) >= 11 is 0. The second-order valence-corrected chi connectivity index (χ2v) is 9.56. The van der Waals surface area contributed by atoms with Crippen LogP contribution >= 0.6 is 0 Å². The number of aliphatic imine (C=N–C) groups is 2. The van der Waals surface area contributed by atoms with Crippen LogP contribution in [0.2, 0.25) is 0 Å².